The predicted molar refractivity (Wildman–Crippen MR) is 290 cm³/mol. The van der Waals surface area contributed by atoms with Crippen molar-refractivity contribution in [3.8, 4) is 50.6 Å². The number of benzene rings is 8. The number of pyridine rings is 1. The van der Waals surface area contributed by atoms with Gasteiger partial charge in [-0.25, -0.2) is 4.39 Å². The second-order valence-electron chi connectivity index (χ2n) is 20.3. The van der Waals surface area contributed by atoms with E-state index in [1.807, 2.05) is 62.5 Å². The van der Waals surface area contributed by atoms with E-state index in [0.29, 0.717) is 5.82 Å². The molecule has 70 heavy (non-hydrogen) atoms. The Morgan fingerprint density at radius 1 is 0.714 bits per heavy atom. The van der Waals surface area contributed by atoms with Crippen LogP contribution in [0.15, 0.2) is 174 Å². The molecular weight excluding hydrogens is 1100 g/mol. The van der Waals surface area contributed by atoms with E-state index in [9.17, 15) is 4.39 Å². The minimum Gasteiger partial charge on any atom is 0 e. The smallest absolute Gasteiger partial charge is 0 e. The Labute approximate surface area is 428 Å². The average Bonchev–Trinajstić information content (AvgIpc) is 3.92. The summed E-state index contributed by atoms with van der Waals surface area (Å²) < 4.78 is 33.2. The number of hydrogen-bond acceptors (Lipinski definition) is 3. The van der Waals surface area contributed by atoms with Crippen molar-refractivity contribution in [2.45, 2.75) is 70.1 Å². The van der Waals surface area contributed by atoms with Crippen LogP contribution < -0.4 is 4.40 Å². The molecule has 3 aromatic heterocycles. The van der Waals surface area contributed by atoms with Gasteiger partial charge in [-0.05, 0) is 82.4 Å². The summed E-state index contributed by atoms with van der Waals surface area (Å²) in [6, 6.07) is 61.8. The van der Waals surface area contributed by atoms with Crippen molar-refractivity contribution in [3.05, 3.63) is 205 Å². The molecule has 0 amide bonds. The summed E-state index contributed by atoms with van der Waals surface area (Å²) in [5.74, 6) is 6.88. The Balaban J connectivity index is 0.000000251. The van der Waals surface area contributed by atoms with E-state index in [4.69, 9.17) is 10.8 Å². The maximum atomic E-state index is 14.5. The molecule has 0 aliphatic heterocycles. The number of furan rings is 1. The summed E-state index contributed by atoms with van der Waals surface area (Å²) in [5, 5.41) is 3.73. The van der Waals surface area contributed by atoms with E-state index in [1.165, 1.54) is 16.0 Å². The number of rotatable bonds is 7. The van der Waals surface area contributed by atoms with Crippen LogP contribution in [0, 0.1) is 24.9 Å². The van der Waals surface area contributed by atoms with Gasteiger partial charge < -0.3 is 8.98 Å². The van der Waals surface area contributed by atoms with E-state index >= 15 is 0 Å². The number of aromatic nitrogens is 3. The van der Waals surface area contributed by atoms with Gasteiger partial charge in [-0.2, -0.15) is 0 Å². The Kier molecular flexibility index (Phi) is 13.1. The van der Waals surface area contributed by atoms with E-state index in [2.05, 4.69) is 176 Å². The Morgan fingerprint density at radius 2 is 1.39 bits per heavy atom. The SMILES string of the molecule is Cc1ccc2c(c1)oc1c(-c3nc4c5ccc(F)cc5ccc4n3-c3c(-c4ccccc4)cc(C(C)(C)C)cc3-c3ccccc3)[c-]ccc12.[2H]C(C)(C)c1cc(-c2[c-]cccc2)nc[c]1[Ge]([CH3])([CH3])[CH3].[Ir]. The topological polar surface area (TPSA) is 43.9 Å². The number of aryl methyl sites for hydroxylation is 1. The van der Waals surface area contributed by atoms with Crippen LogP contribution in [0.25, 0.3) is 94.3 Å². The molecule has 0 saturated heterocycles. The van der Waals surface area contributed by atoms with Crippen molar-refractivity contribution in [1.82, 2.24) is 14.5 Å². The normalized spacial score (nSPS) is 12.2. The maximum absolute atomic E-state index is 14.5. The number of nitrogens with zero attached hydrogens (tertiary/aromatic N) is 3. The van der Waals surface area contributed by atoms with E-state index < -0.39 is 19.2 Å². The molecule has 0 aliphatic rings. The van der Waals surface area contributed by atoms with E-state index in [0.717, 1.165) is 99.6 Å². The van der Waals surface area contributed by atoms with Gasteiger partial charge in [-0.1, -0.05) is 111 Å². The first kappa shape index (κ1) is 47.3. The summed E-state index contributed by atoms with van der Waals surface area (Å²) in [5.41, 5.74) is 14.7. The zero-order chi connectivity index (χ0) is 49.1. The third-order valence-corrected chi connectivity index (χ3v) is 17.2. The van der Waals surface area contributed by atoms with Gasteiger partial charge in [0.05, 0.1) is 28.1 Å². The first-order chi connectivity index (χ1) is 33.4. The monoisotopic (exact) mass is 1160 g/mol. The molecule has 11 rings (SSSR count). The standard InChI is InChI=1S/C46H34FN2O.C17H22GeN.Ir/c1-28-18-21-35-36-16-11-17-37(44(36)50-41(35)24-28)45-48-42-34-22-20-33(47)25-31(34)19-23-40(42)49(45)43-38(29-12-7-5-8-13-29)26-32(46(2,3)4)27-39(43)30-14-9-6-10-15-30;1-13(2)15-11-17(14-9-7-6-8-10-14)19-12-16(15)18(3,4)5;/h5-16,18-27H,1-4H3;6-9,11-13H,1-5H3;/q2*-1;/i;13D;. The van der Waals surface area contributed by atoms with Crippen LogP contribution in [0.1, 0.15) is 58.6 Å². The quantitative estimate of drug-likeness (QED) is 0.118. The van der Waals surface area contributed by atoms with Crippen LogP contribution in [-0.2, 0) is 25.5 Å². The molecule has 0 spiro atoms. The third-order valence-electron chi connectivity index (χ3n) is 13.0. The fourth-order valence-corrected chi connectivity index (χ4v) is 12.7. The molecule has 351 valence electrons. The van der Waals surface area contributed by atoms with E-state index in [1.54, 1.807) is 6.07 Å². The Morgan fingerprint density at radius 3 is 2.01 bits per heavy atom. The molecule has 4 nitrogen and oxygen atoms in total. The summed E-state index contributed by atoms with van der Waals surface area (Å²) in [4.78, 5) is 10.1. The average molecular weight is 1160 g/mol. The van der Waals surface area contributed by atoms with Crippen LogP contribution in [0.5, 0.6) is 0 Å². The van der Waals surface area contributed by atoms with Gasteiger partial charge in [-0.3, -0.25) is 4.98 Å². The first-order valence-electron chi connectivity index (χ1n) is 24.2. The van der Waals surface area contributed by atoms with Crippen molar-refractivity contribution in [2.75, 3.05) is 0 Å². The van der Waals surface area contributed by atoms with Gasteiger partial charge >= 0.3 is 120 Å². The minimum absolute atomic E-state index is 0. The Bertz CT molecular complexity index is 3680. The number of fused-ring (bicyclic) bond motifs is 6. The van der Waals surface area contributed by atoms with Crippen molar-refractivity contribution in [1.29, 1.82) is 0 Å². The summed E-state index contributed by atoms with van der Waals surface area (Å²) in [6.45, 7) is 12.8. The molecular formula is C63H56FGeIrN3O-2. The first-order valence-corrected chi connectivity index (χ1v) is 31.0. The molecule has 1 radical (unpaired) electrons. The van der Waals surface area contributed by atoms with Crippen molar-refractivity contribution >= 4 is 61.4 Å². The maximum Gasteiger partial charge on any atom is 0 e. The van der Waals surface area contributed by atoms with Crippen LogP contribution in [0.3, 0.4) is 0 Å². The molecule has 0 unspecified atom stereocenters. The summed E-state index contributed by atoms with van der Waals surface area (Å²) in [6.07, 6.45) is 2.00. The van der Waals surface area contributed by atoms with Gasteiger partial charge in [0.25, 0.3) is 0 Å². The Hall–Kier alpha value is -6.44. The van der Waals surface area contributed by atoms with Gasteiger partial charge in [0, 0.05) is 42.0 Å². The van der Waals surface area contributed by atoms with Crippen LogP contribution >= 0.6 is 0 Å². The molecule has 0 fully saturated rings. The van der Waals surface area contributed by atoms with Crippen molar-refractivity contribution < 1.29 is 30.3 Å². The second kappa shape index (κ2) is 19.4. The van der Waals surface area contributed by atoms with Crippen LogP contribution in [0.2, 0.25) is 17.3 Å². The fraction of sp³-hybridized carbons (Fsp3) is 0.175. The van der Waals surface area contributed by atoms with E-state index in [-0.39, 0.29) is 31.3 Å². The molecule has 0 aliphatic carbocycles. The van der Waals surface area contributed by atoms with Crippen LogP contribution in [-0.4, -0.2) is 27.8 Å². The number of hydrogen-bond donors (Lipinski definition) is 0. The van der Waals surface area contributed by atoms with Gasteiger partial charge in [0.15, 0.2) is 0 Å². The summed E-state index contributed by atoms with van der Waals surface area (Å²) in [7, 11) is 0. The molecule has 0 bridgehead atoms. The molecule has 11 aromatic rings. The molecule has 7 heteroatoms. The van der Waals surface area contributed by atoms with Gasteiger partial charge in [0.2, 0.25) is 0 Å². The van der Waals surface area contributed by atoms with Gasteiger partial charge in [0.1, 0.15) is 11.4 Å². The third kappa shape index (κ3) is 9.33. The van der Waals surface area contributed by atoms with Crippen LogP contribution in [0.4, 0.5) is 4.39 Å². The molecule has 0 N–H and O–H groups in total. The van der Waals surface area contributed by atoms with Gasteiger partial charge in [-0.15, -0.1) is 18.2 Å². The largest absolute Gasteiger partial charge is 0 e. The molecule has 8 aromatic carbocycles. The minimum atomic E-state index is -2.03. The summed E-state index contributed by atoms with van der Waals surface area (Å²) >= 11 is -2.03. The van der Waals surface area contributed by atoms with Crippen molar-refractivity contribution in [2.24, 2.45) is 0 Å². The molecule has 0 atom stereocenters. The number of imidazole rings is 1. The predicted octanol–water partition coefficient (Wildman–Crippen LogP) is 16.8. The molecule has 0 saturated carbocycles. The molecule has 3 heterocycles. The zero-order valence-corrected chi connectivity index (χ0v) is 45.6. The zero-order valence-electron chi connectivity index (χ0n) is 42.1. The van der Waals surface area contributed by atoms with Crippen molar-refractivity contribution in [3.63, 3.8) is 0 Å². The fourth-order valence-electron chi connectivity index (χ4n) is 9.40. The number of halogens is 1. The second-order valence-corrected chi connectivity index (χ2v) is 30.9.